The number of rotatable bonds is 5. The maximum absolute atomic E-state index is 13.9. The average Bonchev–Trinajstić information content (AvgIpc) is 3.51. The van der Waals surface area contributed by atoms with Crippen molar-refractivity contribution >= 4 is 29.1 Å². The summed E-state index contributed by atoms with van der Waals surface area (Å²) >= 11 is 5.99. The van der Waals surface area contributed by atoms with Gasteiger partial charge in [-0.3, -0.25) is 19.2 Å². The van der Waals surface area contributed by atoms with Gasteiger partial charge in [0.2, 0.25) is 5.91 Å². The summed E-state index contributed by atoms with van der Waals surface area (Å²) in [6, 6.07) is 18.3. The Balaban J connectivity index is 1.56. The minimum absolute atomic E-state index is 0.189. The van der Waals surface area contributed by atoms with Crippen LogP contribution < -0.4 is 10.2 Å². The van der Waals surface area contributed by atoms with Gasteiger partial charge < -0.3 is 9.73 Å². The van der Waals surface area contributed by atoms with Gasteiger partial charge in [-0.1, -0.05) is 35.9 Å². The summed E-state index contributed by atoms with van der Waals surface area (Å²) in [6.07, 6.45) is 1.56. The van der Waals surface area contributed by atoms with E-state index in [9.17, 15) is 9.59 Å². The third kappa shape index (κ3) is 4.02. The summed E-state index contributed by atoms with van der Waals surface area (Å²) in [6.45, 7) is 6.23. The maximum Gasteiger partial charge on any atom is 0.277 e. The number of halogens is 1. The van der Waals surface area contributed by atoms with Crippen LogP contribution in [0.5, 0.6) is 0 Å². The quantitative estimate of drug-likeness (QED) is 0.421. The molecule has 7 nitrogen and oxygen atoms in total. The minimum Gasteiger partial charge on any atom is -0.463 e. The Morgan fingerprint density at radius 1 is 1.14 bits per heavy atom. The second-order valence-corrected chi connectivity index (χ2v) is 9.43. The molecule has 8 heteroatoms. The minimum atomic E-state index is -1.22. The molecule has 1 aliphatic rings. The molecule has 0 bridgehead atoms. The molecule has 0 saturated carbocycles. The smallest absolute Gasteiger partial charge is 0.277 e. The van der Waals surface area contributed by atoms with Gasteiger partial charge in [0.05, 0.1) is 12.8 Å². The van der Waals surface area contributed by atoms with Crippen molar-refractivity contribution in [2.24, 2.45) is 0 Å². The van der Waals surface area contributed by atoms with Crippen LogP contribution in [0.25, 0.3) is 11.5 Å². The van der Waals surface area contributed by atoms with E-state index in [0.717, 1.165) is 16.7 Å². The van der Waals surface area contributed by atoms with Gasteiger partial charge in [0.25, 0.3) is 5.91 Å². The molecule has 0 unspecified atom stereocenters. The number of fused-ring (bicyclic) bond motifs is 1. The third-order valence-electron chi connectivity index (χ3n) is 6.60. The second kappa shape index (κ2) is 8.74. The molecule has 1 atom stereocenters. The van der Waals surface area contributed by atoms with Crippen LogP contribution in [0.4, 0.5) is 5.69 Å². The van der Waals surface area contributed by atoms with E-state index in [-0.39, 0.29) is 18.4 Å². The van der Waals surface area contributed by atoms with Crippen molar-refractivity contribution in [1.82, 2.24) is 15.1 Å². The number of hydrogen-bond acceptors (Lipinski definition) is 4. The van der Waals surface area contributed by atoms with Gasteiger partial charge in [0.15, 0.2) is 5.76 Å². The first-order chi connectivity index (χ1) is 16.8. The Morgan fingerprint density at radius 3 is 2.63 bits per heavy atom. The number of aryl methyl sites for hydroxylation is 1. The number of carbonyl (C=O) groups is 2. The molecule has 35 heavy (non-hydrogen) atoms. The Kier molecular flexibility index (Phi) is 5.73. The first kappa shape index (κ1) is 22.9. The summed E-state index contributed by atoms with van der Waals surface area (Å²) in [5, 5.41) is 8.24. The fourth-order valence-electron chi connectivity index (χ4n) is 4.46. The Labute approximate surface area is 208 Å². The zero-order chi connectivity index (χ0) is 24.7. The van der Waals surface area contributed by atoms with Gasteiger partial charge in [-0.15, -0.1) is 0 Å². The predicted octanol–water partition coefficient (Wildman–Crippen LogP) is 5.15. The van der Waals surface area contributed by atoms with Gasteiger partial charge in [-0.2, -0.15) is 5.10 Å². The largest absolute Gasteiger partial charge is 0.463 e. The molecule has 2 aromatic heterocycles. The zero-order valence-corrected chi connectivity index (χ0v) is 20.5. The lowest BCUT2D eigenvalue weighted by atomic mass is 9.92. The number of hydrogen-bond donors (Lipinski definition) is 1. The van der Waals surface area contributed by atoms with E-state index in [1.807, 2.05) is 44.2 Å². The number of nitrogens with zero attached hydrogens (tertiary/aromatic N) is 3. The van der Waals surface area contributed by atoms with Crippen LogP contribution in [0.2, 0.25) is 5.02 Å². The Morgan fingerprint density at radius 2 is 1.91 bits per heavy atom. The molecule has 1 N–H and O–H groups in total. The number of carbonyl (C=O) groups excluding carboxylic acids is 2. The van der Waals surface area contributed by atoms with Crippen molar-refractivity contribution in [3.8, 4) is 11.5 Å². The highest BCUT2D eigenvalue weighted by atomic mass is 35.5. The maximum atomic E-state index is 13.9. The summed E-state index contributed by atoms with van der Waals surface area (Å²) in [4.78, 5) is 29.3. The van der Waals surface area contributed by atoms with Crippen LogP contribution in [-0.4, -0.2) is 27.1 Å². The van der Waals surface area contributed by atoms with Crippen molar-refractivity contribution in [2.75, 3.05) is 4.90 Å². The first-order valence-corrected chi connectivity index (χ1v) is 11.7. The zero-order valence-electron chi connectivity index (χ0n) is 19.7. The van der Waals surface area contributed by atoms with Crippen LogP contribution in [0.15, 0.2) is 71.3 Å². The molecular formula is C27H25ClN4O3. The molecule has 2 aromatic carbocycles. The predicted molar refractivity (Wildman–Crippen MR) is 134 cm³/mol. The van der Waals surface area contributed by atoms with Gasteiger partial charge in [-0.25, -0.2) is 0 Å². The van der Waals surface area contributed by atoms with Crippen LogP contribution in [0, 0.1) is 13.8 Å². The number of aromatic nitrogens is 2. The fourth-order valence-corrected chi connectivity index (χ4v) is 4.58. The average molecular weight is 489 g/mol. The van der Waals surface area contributed by atoms with E-state index in [1.54, 1.807) is 53.1 Å². The van der Waals surface area contributed by atoms with E-state index in [0.29, 0.717) is 34.4 Å². The molecule has 3 heterocycles. The topological polar surface area (TPSA) is 80.4 Å². The molecule has 0 aliphatic carbocycles. The molecule has 0 radical (unpaired) electrons. The van der Waals surface area contributed by atoms with Crippen molar-refractivity contribution in [3.05, 3.63) is 94.3 Å². The molecule has 5 rings (SSSR count). The van der Waals surface area contributed by atoms with Gasteiger partial charge in [0, 0.05) is 23.3 Å². The summed E-state index contributed by atoms with van der Waals surface area (Å²) in [5.74, 6) is -0.00585. The lowest BCUT2D eigenvalue weighted by Gasteiger charge is -2.43. The van der Waals surface area contributed by atoms with Crippen molar-refractivity contribution in [1.29, 1.82) is 0 Å². The van der Waals surface area contributed by atoms with E-state index in [4.69, 9.17) is 16.0 Å². The molecule has 0 spiro atoms. The van der Waals surface area contributed by atoms with Crippen LogP contribution in [-0.2, 0) is 17.9 Å². The second-order valence-electron chi connectivity index (χ2n) is 8.99. The summed E-state index contributed by atoms with van der Waals surface area (Å²) in [7, 11) is 0. The van der Waals surface area contributed by atoms with E-state index < -0.39 is 5.54 Å². The van der Waals surface area contributed by atoms with Crippen molar-refractivity contribution in [2.45, 2.75) is 39.4 Å². The molecular weight excluding hydrogens is 464 g/mol. The van der Waals surface area contributed by atoms with Gasteiger partial charge >= 0.3 is 0 Å². The Hall–Kier alpha value is -3.84. The molecule has 4 aromatic rings. The monoisotopic (exact) mass is 488 g/mol. The Bertz CT molecular complexity index is 1410. The molecule has 1 aliphatic heterocycles. The molecule has 2 amide bonds. The fraction of sp³-hybridized carbons (Fsp3) is 0.222. The highest BCUT2D eigenvalue weighted by Crippen LogP contribution is 2.36. The van der Waals surface area contributed by atoms with Crippen LogP contribution >= 0.6 is 11.6 Å². The number of anilines is 1. The number of nitrogens with one attached hydrogen (secondary N) is 1. The standard InChI is InChI=1S/C27H25ClN4O3/c1-17-6-4-7-22(18(17)2)32-25(33)23-14-21(24-8-5-13-35-24)30-31(23)16-27(32,3)26(34)29-15-19-9-11-20(28)12-10-19/h4-14H,15-16H2,1-3H3,(H,29,34)/t27-/m0/s1. The van der Waals surface area contributed by atoms with Crippen molar-refractivity contribution < 1.29 is 14.0 Å². The normalized spacial score (nSPS) is 17.4. The van der Waals surface area contributed by atoms with Crippen LogP contribution in [0.3, 0.4) is 0 Å². The van der Waals surface area contributed by atoms with Gasteiger partial charge in [0.1, 0.15) is 16.9 Å². The number of benzene rings is 2. The lowest BCUT2D eigenvalue weighted by molar-refractivity contribution is -0.126. The SMILES string of the molecule is Cc1cccc(N2C(=O)c3cc(-c4ccco4)nn3C[C@@]2(C)C(=O)NCc2ccc(Cl)cc2)c1C. The molecule has 178 valence electrons. The van der Waals surface area contributed by atoms with E-state index in [2.05, 4.69) is 10.4 Å². The highest BCUT2D eigenvalue weighted by molar-refractivity contribution is 6.30. The highest BCUT2D eigenvalue weighted by Gasteiger charge is 2.49. The summed E-state index contributed by atoms with van der Waals surface area (Å²) in [5.41, 5.74) is 3.32. The number of amides is 2. The van der Waals surface area contributed by atoms with Crippen LogP contribution in [0.1, 0.15) is 34.1 Å². The number of furan rings is 1. The lowest BCUT2D eigenvalue weighted by Crippen LogP contribution is -2.64. The van der Waals surface area contributed by atoms with E-state index >= 15 is 0 Å². The molecule has 0 fully saturated rings. The van der Waals surface area contributed by atoms with E-state index in [1.165, 1.54) is 0 Å². The van der Waals surface area contributed by atoms with Crippen molar-refractivity contribution in [3.63, 3.8) is 0 Å². The van der Waals surface area contributed by atoms with Gasteiger partial charge in [-0.05, 0) is 67.8 Å². The molecule has 0 saturated heterocycles. The summed E-state index contributed by atoms with van der Waals surface area (Å²) < 4.78 is 7.09. The first-order valence-electron chi connectivity index (χ1n) is 11.3. The third-order valence-corrected chi connectivity index (χ3v) is 6.85.